The minimum atomic E-state index is -3.47. The van der Waals surface area contributed by atoms with E-state index in [0.717, 1.165) is 49.9 Å². The summed E-state index contributed by atoms with van der Waals surface area (Å²) in [7, 11) is -3.47. The summed E-state index contributed by atoms with van der Waals surface area (Å²) in [5, 5.41) is 3.46. The van der Waals surface area contributed by atoms with Crippen LogP contribution in [0.3, 0.4) is 0 Å². The standard InChI is InChI=1S/C21H29NO4S/c1-4-25-17(2)15-19-7-5-9-20(16-19)22-14-6-8-18-10-12-21(13-11-18)26-27(3,23)24/h5,7,9-13,16-17,22H,4,6,8,14-15H2,1-3H3. The summed E-state index contributed by atoms with van der Waals surface area (Å²) in [6.45, 7) is 5.71. The van der Waals surface area contributed by atoms with Crippen LogP contribution in [0.15, 0.2) is 48.5 Å². The molecule has 0 spiro atoms. The van der Waals surface area contributed by atoms with Gasteiger partial charge in [-0.2, -0.15) is 8.42 Å². The largest absolute Gasteiger partial charge is 0.385 e. The van der Waals surface area contributed by atoms with Crippen molar-refractivity contribution in [3.63, 3.8) is 0 Å². The third kappa shape index (κ3) is 8.45. The van der Waals surface area contributed by atoms with Crippen molar-refractivity contribution >= 4 is 15.8 Å². The first-order chi connectivity index (χ1) is 12.9. The number of ether oxygens (including phenoxy) is 1. The second-order valence-corrected chi connectivity index (χ2v) is 8.21. The molecule has 0 heterocycles. The molecule has 0 aliphatic carbocycles. The van der Waals surface area contributed by atoms with Crippen molar-refractivity contribution in [1.29, 1.82) is 0 Å². The van der Waals surface area contributed by atoms with E-state index in [9.17, 15) is 8.42 Å². The maximum absolute atomic E-state index is 11.1. The van der Waals surface area contributed by atoms with Gasteiger partial charge in [-0.25, -0.2) is 0 Å². The molecule has 1 unspecified atom stereocenters. The molecule has 0 aliphatic rings. The first kappa shape index (κ1) is 21.3. The number of benzene rings is 2. The van der Waals surface area contributed by atoms with Gasteiger partial charge in [0, 0.05) is 18.8 Å². The SMILES string of the molecule is CCOC(C)Cc1cccc(NCCCc2ccc(OS(C)(=O)=O)cc2)c1. The minimum Gasteiger partial charge on any atom is -0.385 e. The molecule has 0 radical (unpaired) electrons. The molecule has 0 amide bonds. The predicted octanol–water partition coefficient (Wildman–Crippen LogP) is 4.04. The first-order valence-corrected chi connectivity index (χ1v) is 11.1. The summed E-state index contributed by atoms with van der Waals surface area (Å²) in [6, 6.07) is 15.6. The van der Waals surface area contributed by atoms with Crippen LogP contribution in [0.1, 0.15) is 31.4 Å². The molecular weight excluding hydrogens is 362 g/mol. The van der Waals surface area contributed by atoms with Gasteiger partial charge in [-0.1, -0.05) is 24.3 Å². The number of hydrogen-bond acceptors (Lipinski definition) is 5. The van der Waals surface area contributed by atoms with E-state index >= 15 is 0 Å². The smallest absolute Gasteiger partial charge is 0.306 e. The van der Waals surface area contributed by atoms with Crippen LogP contribution in [0.5, 0.6) is 5.75 Å². The third-order valence-electron chi connectivity index (χ3n) is 4.04. The lowest BCUT2D eigenvalue weighted by molar-refractivity contribution is 0.0768. The average molecular weight is 392 g/mol. The summed E-state index contributed by atoms with van der Waals surface area (Å²) in [5.41, 5.74) is 3.53. The van der Waals surface area contributed by atoms with Crippen LogP contribution < -0.4 is 9.50 Å². The van der Waals surface area contributed by atoms with Gasteiger partial charge in [0.2, 0.25) is 0 Å². The van der Waals surface area contributed by atoms with Crippen LogP contribution in [0.2, 0.25) is 0 Å². The highest BCUT2D eigenvalue weighted by Gasteiger charge is 2.05. The molecule has 6 heteroatoms. The third-order valence-corrected chi connectivity index (χ3v) is 4.54. The van der Waals surface area contributed by atoms with Crippen molar-refractivity contribution in [3.05, 3.63) is 59.7 Å². The van der Waals surface area contributed by atoms with Crippen molar-refractivity contribution in [2.75, 3.05) is 24.7 Å². The van der Waals surface area contributed by atoms with Crippen LogP contribution in [0.25, 0.3) is 0 Å². The Kier molecular flexibility index (Phi) is 8.13. The summed E-state index contributed by atoms with van der Waals surface area (Å²) < 4.78 is 32.7. The highest BCUT2D eigenvalue weighted by molar-refractivity contribution is 7.86. The summed E-state index contributed by atoms with van der Waals surface area (Å²) in [4.78, 5) is 0. The quantitative estimate of drug-likeness (QED) is 0.463. The number of aryl methyl sites for hydroxylation is 1. The van der Waals surface area contributed by atoms with E-state index in [1.807, 2.05) is 19.1 Å². The Bertz CT molecular complexity index is 803. The Morgan fingerprint density at radius 2 is 1.81 bits per heavy atom. The van der Waals surface area contributed by atoms with E-state index < -0.39 is 10.1 Å². The zero-order chi connectivity index (χ0) is 19.7. The van der Waals surface area contributed by atoms with Gasteiger partial charge < -0.3 is 14.2 Å². The molecule has 0 aliphatic heterocycles. The van der Waals surface area contributed by atoms with Gasteiger partial charge in [-0.3, -0.25) is 0 Å². The fourth-order valence-electron chi connectivity index (χ4n) is 2.90. The normalized spacial score (nSPS) is 12.6. The van der Waals surface area contributed by atoms with Gasteiger partial charge >= 0.3 is 10.1 Å². The number of nitrogens with one attached hydrogen (secondary N) is 1. The van der Waals surface area contributed by atoms with Gasteiger partial charge in [0.1, 0.15) is 5.75 Å². The Balaban J connectivity index is 1.76. The molecule has 0 bridgehead atoms. The second-order valence-electron chi connectivity index (χ2n) is 6.63. The number of hydrogen-bond donors (Lipinski definition) is 1. The summed E-state index contributed by atoms with van der Waals surface area (Å²) >= 11 is 0. The molecular formula is C21H29NO4S. The van der Waals surface area contributed by atoms with Crippen molar-refractivity contribution in [2.45, 2.75) is 39.2 Å². The lowest BCUT2D eigenvalue weighted by atomic mass is 10.1. The van der Waals surface area contributed by atoms with Crippen molar-refractivity contribution in [2.24, 2.45) is 0 Å². The first-order valence-electron chi connectivity index (χ1n) is 9.28. The topological polar surface area (TPSA) is 64.6 Å². The van der Waals surface area contributed by atoms with Crippen LogP contribution in [-0.4, -0.2) is 33.9 Å². The molecule has 0 aromatic heterocycles. The van der Waals surface area contributed by atoms with E-state index in [1.165, 1.54) is 5.56 Å². The maximum atomic E-state index is 11.1. The molecule has 2 aromatic carbocycles. The van der Waals surface area contributed by atoms with E-state index in [-0.39, 0.29) is 6.10 Å². The van der Waals surface area contributed by atoms with Gasteiger partial charge in [0.15, 0.2) is 0 Å². The molecule has 2 aromatic rings. The molecule has 2 rings (SSSR count). The molecule has 0 fully saturated rings. The van der Waals surface area contributed by atoms with Crippen molar-refractivity contribution in [3.8, 4) is 5.75 Å². The number of anilines is 1. The van der Waals surface area contributed by atoms with Gasteiger partial charge in [0.05, 0.1) is 12.4 Å². The molecule has 1 N–H and O–H groups in total. The monoisotopic (exact) mass is 391 g/mol. The highest BCUT2D eigenvalue weighted by Crippen LogP contribution is 2.16. The molecule has 27 heavy (non-hydrogen) atoms. The zero-order valence-electron chi connectivity index (χ0n) is 16.3. The Morgan fingerprint density at radius 1 is 1.07 bits per heavy atom. The lowest BCUT2D eigenvalue weighted by Gasteiger charge is -2.13. The molecule has 0 saturated carbocycles. The highest BCUT2D eigenvalue weighted by atomic mass is 32.2. The molecule has 148 valence electrons. The fraction of sp³-hybridized carbons (Fsp3) is 0.429. The maximum Gasteiger partial charge on any atom is 0.306 e. The van der Waals surface area contributed by atoms with Crippen LogP contribution in [0, 0.1) is 0 Å². The zero-order valence-corrected chi connectivity index (χ0v) is 17.1. The van der Waals surface area contributed by atoms with Crippen molar-refractivity contribution < 1.29 is 17.3 Å². The van der Waals surface area contributed by atoms with Crippen LogP contribution >= 0.6 is 0 Å². The van der Waals surface area contributed by atoms with E-state index in [2.05, 4.69) is 36.5 Å². The number of rotatable bonds is 11. The van der Waals surface area contributed by atoms with Gasteiger partial charge in [-0.15, -0.1) is 0 Å². The lowest BCUT2D eigenvalue weighted by Crippen LogP contribution is -2.11. The fourth-order valence-corrected chi connectivity index (χ4v) is 3.36. The van der Waals surface area contributed by atoms with Crippen LogP contribution in [0.4, 0.5) is 5.69 Å². The summed E-state index contributed by atoms with van der Waals surface area (Å²) in [5.74, 6) is 0.345. The second kappa shape index (κ2) is 10.3. The molecule has 0 saturated heterocycles. The van der Waals surface area contributed by atoms with Gasteiger partial charge in [0.25, 0.3) is 0 Å². The average Bonchev–Trinajstić information content (AvgIpc) is 2.59. The van der Waals surface area contributed by atoms with Gasteiger partial charge in [-0.05, 0) is 68.5 Å². The predicted molar refractivity (Wildman–Crippen MR) is 110 cm³/mol. The van der Waals surface area contributed by atoms with E-state index in [4.69, 9.17) is 8.92 Å². The molecule has 5 nitrogen and oxygen atoms in total. The Hall–Kier alpha value is -2.05. The van der Waals surface area contributed by atoms with E-state index in [0.29, 0.717) is 5.75 Å². The van der Waals surface area contributed by atoms with E-state index in [1.54, 1.807) is 12.1 Å². The Labute approximate surface area is 162 Å². The van der Waals surface area contributed by atoms with Crippen LogP contribution in [-0.2, 0) is 27.7 Å². The molecule has 1 atom stereocenters. The Morgan fingerprint density at radius 3 is 2.48 bits per heavy atom. The van der Waals surface area contributed by atoms with Crippen molar-refractivity contribution in [1.82, 2.24) is 0 Å². The minimum absolute atomic E-state index is 0.222. The summed E-state index contributed by atoms with van der Waals surface area (Å²) in [6.07, 6.45) is 4.06.